The summed E-state index contributed by atoms with van der Waals surface area (Å²) >= 11 is 0. The molecule has 0 atom stereocenters. The van der Waals surface area contributed by atoms with Crippen LogP contribution in [0.4, 0.5) is 0 Å². The molecule has 0 aliphatic heterocycles. The summed E-state index contributed by atoms with van der Waals surface area (Å²) in [6, 6.07) is 14.9. The fraction of sp³-hybridized carbons (Fsp3) is 0.300. The maximum Gasteiger partial charge on any atom is 0.214 e. The molecule has 0 saturated heterocycles. The first-order valence-corrected chi connectivity index (χ1v) is 8.51. The maximum atomic E-state index is 5.57. The average molecular weight is 336 g/mol. The van der Waals surface area contributed by atoms with Crippen LogP contribution in [0.15, 0.2) is 51.9 Å². The van der Waals surface area contributed by atoms with E-state index in [4.69, 9.17) is 4.42 Å². The average Bonchev–Trinajstić information content (AvgIpc) is 2.96. The van der Waals surface area contributed by atoms with Crippen LogP contribution in [-0.2, 0) is 13.0 Å². The molecule has 5 nitrogen and oxygen atoms in total. The third-order valence-electron chi connectivity index (χ3n) is 4.27. The molecule has 0 amide bonds. The van der Waals surface area contributed by atoms with E-state index in [1.165, 1.54) is 16.3 Å². The van der Waals surface area contributed by atoms with Crippen LogP contribution in [0, 0.1) is 13.8 Å². The highest BCUT2D eigenvalue weighted by Crippen LogP contribution is 2.18. The van der Waals surface area contributed by atoms with Crippen molar-refractivity contribution in [2.45, 2.75) is 26.8 Å². The van der Waals surface area contributed by atoms with Gasteiger partial charge in [-0.2, -0.15) is 0 Å². The van der Waals surface area contributed by atoms with E-state index in [2.05, 4.69) is 63.1 Å². The number of oxazole rings is 1. The first-order valence-electron chi connectivity index (χ1n) is 8.51. The number of aliphatic imine (C=N–C) groups is 1. The molecular formula is C20H24N4O. The quantitative estimate of drug-likeness (QED) is 0.554. The van der Waals surface area contributed by atoms with E-state index in [0.717, 1.165) is 30.4 Å². The highest BCUT2D eigenvalue weighted by Gasteiger charge is 2.06. The van der Waals surface area contributed by atoms with Gasteiger partial charge in [0.15, 0.2) is 5.96 Å². The van der Waals surface area contributed by atoms with E-state index in [9.17, 15) is 0 Å². The Morgan fingerprint density at radius 1 is 1.08 bits per heavy atom. The van der Waals surface area contributed by atoms with Gasteiger partial charge in [-0.25, -0.2) is 4.98 Å². The van der Waals surface area contributed by atoms with Crippen LogP contribution in [-0.4, -0.2) is 24.5 Å². The van der Waals surface area contributed by atoms with Crippen molar-refractivity contribution in [3.05, 3.63) is 65.4 Å². The molecule has 3 rings (SSSR count). The summed E-state index contributed by atoms with van der Waals surface area (Å²) in [6.07, 6.45) is 0.930. The third kappa shape index (κ3) is 4.18. The second-order valence-corrected chi connectivity index (χ2v) is 5.99. The van der Waals surface area contributed by atoms with Crippen LogP contribution < -0.4 is 10.6 Å². The van der Waals surface area contributed by atoms with Gasteiger partial charge in [-0.1, -0.05) is 42.5 Å². The van der Waals surface area contributed by atoms with Crippen molar-refractivity contribution in [2.75, 3.05) is 13.6 Å². The fourth-order valence-electron chi connectivity index (χ4n) is 2.82. The predicted octanol–water partition coefficient (Wildman–Crippen LogP) is 3.35. The van der Waals surface area contributed by atoms with E-state index in [1.54, 1.807) is 7.05 Å². The molecule has 0 unspecified atom stereocenters. The van der Waals surface area contributed by atoms with E-state index in [0.29, 0.717) is 12.4 Å². The summed E-state index contributed by atoms with van der Waals surface area (Å²) in [4.78, 5) is 8.62. The van der Waals surface area contributed by atoms with Gasteiger partial charge in [0, 0.05) is 13.6 Å². The van der Waals surface area contributed by atoms with Crippen molar-refractivity contribution in [2.24, 2.45) is 4.99 Å². The molecule has 3 aromatic rings. The number of nitrogens with zero attached hydrogens (tertiary/aromatic N) is 2. The number of aryl methyl sites for hydroxylation is 2. The first kappa shape index (κ1) is 17.0. The summed E-state index contributed by atoms with van der Waals surface area (Å²) in [5, 5.41) is 9.16. The van der Waals surface area contributed by atoms with E-state index in [-0.39, 0.29) is 0 Å². The van der Waals surface area contributed by atoms with Crippen molar-refractivity contribution < 1.29 is 4.42 Å². The number of hydrogen-bond acceptors (Lipinski definition) is 3. The van der Waals surface area contributed by atoms with Gasteiger partial charge in [-0.15, -0.1) is 0 Å². The molecule has 5 heteroatoms. The van der Waals surface area contributed by atoms with Gasteiger partial charge in [-0.3, -0.25) is 4.99 Å². The number of hydrogen-bond donors (Lipinski definition) is 2. The summed E-state index contributed by atoms with van der Waals surface area (Å²) in [5.41, 5.74) is 2.26. The van der Waals surface area contributed by atoms with Crippen LogP contribution in [0.5, 0.6) is 0 Å². The first-order chi connectivity index (χ1) is 12.2. The maximum absolute atomic E-state index is 5.57. The number of nitrogens with one attached hydrogen (secondary N) is 2. The SMILES string of the molecule is CN=C(NCCc1cccc2ccccc12)NCc1nc(C)c(C)o1. The lowest BCUT2D eigenvalue weighted by molar-refractivity contribution is 0.464. The van der Waals surface area contributed by atoms with Crippen LogP contribution in [0.3, 0.4) is 0 Å². The molecular weight excluding hydrogens is 312 g/mol. The van der Waals surface area contributed by atoms with Crippen molar-refractivity contribution in [3.63, 3.8) is 0 Å². The smallest absolute Gasteiger partial charge is 0.214 e. The van der Waals surface area contributed by atoms with Gasteiger partial charge in [0.2, 0.25) is 5.89 Å². The minimum atomic E-state index is 0.516. The molecule has 0 bridgehead atoms. The molecule has 0 aliphatic rings. The minimum absolute atomic E-state index is 0.516. The lowest BCUT2D eigenvalue weighted by Gasteiger charge is -2.11. The normalized spacial score (nSPS) is 11.7. The Balaban J connectivity index is 1.54. The van der Waals surface area contributed by atoms with Gasteiger partial charge < -0.3 is 15.1 Å². The molecule has 130 valence electrons. The Labute approximate surface area is 148 Å². The number of benzene rings is 2. The van der Waals surface area contributed by atoms with Gasteiger partial charge in [0.25, 0.3) is 0 Å². The zero-order chi connectivity index (χ0) is 17.6. The van der Waals surface area contributed by atoms with E-state index < -0.39 is 0 Å². The van der Waals surface area contributed by atoms with Crippen molar-refractivity contribution in [1.29, 1.82) is 0 Å². The Morgan fingerprint density at radius 2 is 1.88 bits per heavy atom. The third-order valence-corrected chi connectivity index (χ3v) is 4.27. The lowest BCUT2D eigenvalue weighted by atomic mass is 10.0. The molecule has 2 N–H and O–H groups in total. The van der Waals surface area contributed by atoms with Gasteiger partial charge in [-0.05, 0) is 36.6 Å². The second-order valence-electron chi connectivity index (χ2n) is 5.99. The van der Waals surface area contributed by atoms with Crippen LogP contribution >= 0.6 is 0 Å². The second kappa shape index (κ2) is 7.83. The Hall–Kier alpha value is -2.82. The molecule has 0 saturated carbocycles. The molecule has 0 radical (unpaired) electrons. The molecule has 25 heavy (non-hydrogen) atoms. The fourth-order valence-corrected chi connectivity index (χ4v) is 2.82. The van der Waals surface area contributed by atoms with Crippen molar-refractivity contribution >= 4 is 16.7 Å². The highest BCUT2D eigenvalue weighted by atomic mass is 16.4. The zero-order valence-electron chi connectivity index (χ0n) is 15.0. The summed E-state index contributed by atoms with van der Waals surface area (Å²) < 4.78 is 5.57. The number of rotatable bonds is 5. The zero-order valence-corrected chi connectivity index (χ0v) is 15.0. The predicted molar refractivity (Wildman–Crippen MR) is 102 cm³/mol. The van der Waals surface area contributed by atoms with Crippen LogP contribution in [0.2, 0.25) is 0 Å². The van der Waals surface area contributed by atoms with Crippen molar-refractivity contribution in [1.82, 2.24) is 15.6 Å². The Kier molecular flexibility index (Phi) is 5.33. The summed E-state index contributed by atoms with van der Waals surface area (Å²) in [6.45, 7) is 5.18. The number of guanidine groups is 1. The molecule has 0 fully saturated rings. The summed E-state index contributed by atoms with van der Waals surface area (Å²) in [7, 11) is 1.76. The number of fused-ring (bicyclic) bond motifs is 1. The van der Waals surface area contributed by atoms with Crippen LogP contribution in [0.25, 0.3) is 10.8 Å². The van der Waals surface area contributed by atoms with Gasteiger partial charge in [0.05, 0.1) is 12.2 Å². The molecule has 1 aromatic heterocycles. The Morgan fingerprint density at radius 3 is 2.64 bits per heavy atom. The van der Waals surface area contributed by atoms with Crippen molar-refractivity contribution in [3.8, 4) is 0 Å². The molecule has 0 aliphatic carbocycles. The number of aromatic nitrogens is 1. The highest BCUT2D eigenvalue weighted by molar-refractivity contribution is 5.85. The molecule has 2 aromatic carbocycles. The van der Waals surface area contributed by atoms with Crippen LogP contribution in [0.1, 0.15) is 22.9 Å². The van der Waals surface area contributed by atoms with Gasteiger partial charge in [0.1, 0.15) is 5.76 Å². The van der Waals surface area contributed by atoms with E-state index in [1.807, 2.05) is 13.8 Å². The van der Waals surface area contributed by atoms with Gasteiger partial charge >= 0.3 is 0 Å². The molecule has 0 spiro atoms. The minimum Gasteiger partial charge on any atom is -0.444 e. The monoisotopic (exact) mass is 336 g/mol. The largest absolute Gasteiger partial charge is 0.444 e. The molecule has 1 heterocycles. The van der Waals surface area contributed by atoms with E-state index >= 15 is 0 Å². The standard InChI is InChI=1S/C20H24N4O/c1-14-15(2)25-19(24-14)13-23-20(21-3)22-12-11-17-9-6-8-16-7-4-5-10-18(16)17/h4-10H,11-13H2,1-3H3,(H2,21,22,23). The Bertz CT molecular complexity index is 858. The summed E-state index contributed by atoms with van der Waals surface area (Å²) in [5.74, 6) is 2.27. The lowest BCUT2D eigenvalue weighted by Crippen LogP contribution is -2.37. The topological polar surface area (TPSA) is 62.5 Å².